The topological polar surface area (TPSA) is 89.9 Å². The standard InChI is InChI=1S/C19H34O6/c1-15(25-18(23)19(2,3)4)24-17(22)14-12-10-8-6-5-7-9-11-13-16(20)21/h15H,5-14H2,1-4H3,(H,20,21). The van der Waals surface area contributed by atoms with E-state index in [1.54, 1.807) is 27.7 Å². The van der Waals surface area contributed by atoms with Gasteiger partial charge in [-0.3, -0.25) is 14.4 Å². The van der Waals surface area contributed by atoms with Gasteiger partial charge in [0.15, 0.2) is 0 Å². The quantitative estimate of drug-likeness (QED) is 0.297. The molecule has 6 heteroatoms. The molecule has 0 radical (unpaired) electrons. The second-order valence-electron chi connectivity index (χ2n) is 7.43. The van der Waals surface area contributed by atoms with Gasteiger partial charge in [-0.2, -0.15) is 0 Å². The number of carboxylic acids is 1. The van der Waals surface area contributed by atoms with Crippen molar-refractivity contribution in [3.05, 3.63) is 0 Å². The monoisotopic (exact) mass is 358 g/mol. The summed E-state index contributed by atoms with van der Waals surface area (Å²) in [7, 11) is 0. The van der Waals surface area contributed by atoms with Gasteiger partial charge in [-0.1, -0.05) is 38.5 Å². The molecule has 0 fully saturated rings. The summed E-state index contributed by atoms with van der Waals surface area (Å²) in [4.78, 5) is 33.7. The fourth-order valence-electron chi connectivity index (χ4n) is 2.20. The van der Waals surface area contributed by atoms with Gasteiger partial charge >= 0.3 is 17.9 Å². The third-order valence-electron chi connectivity index (χ3n) is 3.70. The normalized spacial score (nSPS) is 12.5. The van der Waals surface area contributed by atoms with E-state index in [9.17, 15) is 14.4 Å². The van der Waals surface area contributed by atoms with Crippen LogP contribution < -0.4 is 0 Å². The summed E-state index contributed by atoms with van der Waals surface area (Å²) in [6.45, 7) is 6.79. The van der Waals surface area contributed by atoms with Crippen molar-refractivity contribution in [2.75, 3.05) is 0 Å². The van der Waals surface area contributed by atoms with E-state index in [1.165, 1.54) is 0 Å². The molecule has 0 aromatic carbocycles. The number of carboxylic acid groups (broad SMARTS) is 1. The maximum absolute atomic E-state index is 11.7. The molecule has 0 aliphatic carbocycles. The zero-order valence-electron chi connectivity index (χ0n) is 16.1. The van der Waals surface area contributed by atoms with E-state index < -0.39 is 23.6 Å². The third-order valence-corrected chi connectivity index (χ3v) is 3.70. The molecule has 0 aromatic rings. The SMILES string of the molecule is CC(OC(=O)CCCCCCCCCCC(=O)O)OC(=O)C(C)(C)C. The molecule has 0 amide bonds. The lowest BCUT2D eigenvalue weighted by molar-refractivity contribution is -0.190. The predicted octanol–water partition coefficient (Wildman–Crippen LogP) is 4.45. The number of aliphatic carboxylic acids is 1. The summed E-state index contributed by atoms with van der Waals surface area (Å²) in [5, 5.41) is 8.53. The van der Waals surface area contributed by atoms with Crippen molar-refractivity contribution in [3.63, 3.8) is 0 Å². The number of unbranched alkanes of at least 4 members (excludes halogenated alkanes) is 7. The molecule has 0 aromatic heterocycles. The molecular weight excluding hydrogens is 324 g/mol. The Morgan fingerprint density at radius 3 is 1.68 bits per heavy atom. The minimum atomic E-state index is -0.856. The molecule has 25 heavy (non-hydrogen) atoms. The van der Waals surface area contributed by atoms with Crippen LogP contribution in [0.5, 0.6) is 0 Å². The number of carbonyl (C=O) groups excluding carboxylic acids is 2. The molecule has 0 aliphatic heterocycles. The van der Waals surface area contributed by atoms with Crippen molar-refractivity contribution in [3.8, 4) is 0 Å². The molecule has 6 nitrogen and oxygen atoms in total. The predicted molar refractivity (Wildman–Crippen MR) is 94.9 cm³/mol. The highest BCUT2D eigenvalue weighted by molar-refractivity contribution is 5.75. The lowest BCUT2D eigenvalue weighted by Gasteiger charge is -2.20. The molecule has 0 bridgehead atoms. The smallest absolute Gasteiger partial charge is 0.314 e. The fourth-order valence-corrected chi connectivity index (χ4v) is 2.20. The van der Waals surface area contributed by atoms with E-state index in [1.807, 2.05) is 0 Å². The van der Waals surface area contributed by atoms with E-state index in [2.05, 4.69) is 0 Å². The van der Waals surface area contributed by atoms with E-state index in [0.29, 0.717) is 6.42 Å². The Hall–Kier alpha value is -1.59. The number of carbonyl (C=O) groups is 3. The van der Waals surface area contributed by atoms with Gasteiger partial charge in [-0.05, 0) is 33.6 Å². The Kier molecular flexibility index (Phi) is 11.9. The first kappa shape index (κ1) is 23.4. The molecule has 0 rings (SSSR count). The molecule has 146 valence electrons. The van der Waals surface area contributed by atoms with E-state index in [-0.39, 0.29) is 12.4 Å². The summed E-state index contributed by atoms with van der Waals surface area (Å²) < 4.78 is 10.2. The Labute approximate surface area is 151 Å². The van der Waals surface area contributed by atoms with Gasteiger partial charge in [-0.25, -0.2) is 0 Å². The highest BCUT2D eigenvalue weighted by Gasteiger charge is 2.26. The van der Waals surface area contributed by atoms with Gasteiger partial charge in [0.05, 0.1) is 5.41 Å². The zero-order valence-corrected chi connectivity index (χ0v) is 16.1. The van der Waals surface area contributed by atoms with E-state index in [0.717, 1.165) is 51.4 Å². The molecule has 0 spiro atoms. The first-order valence-corrected chi connectivity index (χ1v) is 9.25. The number of hydrogen-bond donors (Lipinski definition) is 1. The minimum absolute atomic E-state index is 0.256. The van der Waals surface area contributed by atoms with Gasteiger partial charge in [-0.15, -0.1) is 0 Å². The van der Waals surface area contributed by atoms with Crippen LogP contribution >= 0.6 is 0 Å². The van der Waals surface area contributed by atoms with E-state index >= 15 is 0 Å². The average molecular weight is 358 g/mol. The molecule has 1 atom stereocenters. The molecule has 1 unspecified atom stereocenters. The maximum Gasteiger partial charge on any atom is 0.314 e. The summed E-state index contributed by atoms with van der Waals surface area (Å²) in [5.74, 6) is -1.46. The Morgan fingerprint density at radius 2 is 1.24 bits per heavy atom. The van der Waals surface area contributed by atoms with Crippen LogP contribution in [0.25, 0.3) is 0 Å². The molecular formula is C19H34O6. The van der Waals surface area contributed by atoms with Crippen LogP contribution in [0.15, 0.2) is 0 Å². The Balaban J connectivity index is 3.55. The van der Waals surface area contributed by atoms with Gasteiger partial charge < -0.3 is 14.6 Å². The summed E-state index contributed by atoms with van der Waals surface area (Å²) >= 11 is 0. The van der Waals surface area contributed by atoms with Crippen LogP contribution in [-0.2, 0) is 23.9 Å². The second kappa shape index (κ2) is 12.7. The second-order valence-corrected chi connectivity index (χ2v) is 7.43. The first-order valence-electron chi connectivity index (χ1n) is 9.25. The number of hydrogen-bond acceptors (Lipinski definition) is 5. The number of rotatable bonds is 13. The van der Waals surface area contributed by atoms with Gasteiger partial charge in [0.25, 0.3) is 0 Å². The molecule has 1 N–H and O–H groups in total. The maximum atomic E-state index is 11.7. The molecule has 0 aliphatic rings. The Morgan fingerprint density at radius 1 is 0.800 bits per heavy atom. The first-order chi connectivity index (χ1) is 11.6. The Bertz CT molecular complexity index is 411. The van der Waals surface area contributed by atoms with Crippen molar-refractivity contribution in [1.82, 2.24) is 0 Å². The van der Waals surface area contributed by atoms with Crippen molar-refractivity contribution in [2.45, 2.75) is 98.2 Å². The van der Waals surface area contributed by atoms with Crippen LogP contribution in [0, 0.1) is 5.41 Å². The van der Waals surface area contributed by atoms with Gasteiger partial charge in [0, 0.05) is 19.8 Å². The lowest BCUT2D eigenvalue weighted by atomic mass is 9.97. The van der Waals surface area contributed by atoms with Gasteiger partial charge in [0.1, 0.15) is 0 Å². The summed E-state index contributed by atoms with van der Waals surface area (Å²) in [6, 6.07) is 0. The highest BCUT2D eigenvalue weighted by Crippen LogP contribution is 2.17. The fraction of sp³-hybridized carbons (Fsp3) is 0.842. The van der Waals surface area contributed by atoms with Crippen LogP contribution in [0.3, 0.4) is 0 Å². The molecule has 0 saturated heterocycles. The number of ether oxygens (including phenoxy) is 2. The van der Waals surface area contributed by atoms with E-state index in [4.69, 9.17) is 14.6 Å². The molecule has 0 saturated carbocycles. The van der Waals surface area contributed by atoms with Crippen molar-refractivity contribution in [2.24, 2.45) is 5.41 Å². The van der Waals surface area contributed by atoms with Gasteiger partial charge in [0.2, 0.25) is 6.29 Å². The van der Waals surface area contributed by atoms with Crippen molar-refractivity contribution < 1.29 is 29.0 Å². The molecule has 0 heterocycles. The summed E-state index contributed by atoms with van der Waals surface area (Å²) in [5.41, 5.74) is -0.617. The van der Waals surface area contributed by atoms with Crippen LogP contribution in [0.1, 0.15) is 91.9 Å². The minimum Gasteiger partial charge on any atom is -0.481 e. The van der Waals surface area contributed by atoms with Crippen molar-refractivity contribution in [1.29, 1.82) is 0 Å². The zero-order chi connectivity index (χ0) is 19.3. The summed E-state index contributed by atoms with van der Waals surface area (Å²) in [6.07, 6.45) is 7.48. The highest BCUT2D eigenvalue weighted by atomic mass is 16.7. The third kappa shape index (κ3) is 14.5. The number of esters is 2. The van der Waals surface area contributed by atoms with Crippen LogP contribution in [-0.4, -0.2) is 29.3 Å². The lowest BCUT2D eigenvalue weighted by Crippen LogP contribution is -2.29. The van der Waals surface area contributed by atoms with Crippen molar-refractivity contribution >= 4 is 17.9 Å². The van der Waals surface area contributed by atoms with Crippen LogP contribution in [0.2, 0.25) is 0 Å². The average Bonchev–Trinajstić information content (AvgIpc) is 2.47. The largest absolute Gasteiger partial charge is 0.481 e. The van der Waals surface area contributed by atoms with Crippen LogP contribution in [0.4, 0.5) is 0 Å².